The molecular formula is C24H34Br2S2. The van der Waals surface area contributed by atoms with E-state index in [9.17, 15) is 0 Å². The van der Waals surface area contributed by atoms with Gasteiger partial charge < -0.3 is 0 Å². The van der Waals surface area contributed by atoms with Crippen LogP contribution >= 0.6 is 54.5 Å². The molecule has 0 fully saturated rings. The van der Waals surface area contributed by atoms with Gasteiger partial charge in [-0.05, 0) is 79.8 Å². The van der Waals surface area contributed by atoms with Crippen molar-refractivity contribution in [1.82, 2.24) is 0 Å². The van der Waals surface area contributed by atoms with Gasteiger partial charge in [-0.25, -0.2) is 0 Å². The Balaban J connectivity index is 2.09. The number of thiophene rings is 2. The van der Waals surface area contributed by atoms with E-state index in [2.05, 4.69) is 71.7 Å². The van der Waals surface area contributed by atoms with Crippen LogP contribution in [0.1, 0.15) is 96.6 Å². The second kappa shape index (κ2) is 10.1. The average Bonchev–Trinajstić information content (AvgIpc) is 3.31. The summed E-state index contributed by atoms with van der Waals surface area (Å²) in [5.41, 5.74) is 3.46. The van der Waals surface area contributed by atoms with Crippen molar-refractivity contribution in [3.8, 4) is 9.75 Å². The van der Waals surface area contributed by atoms with Crippen LogP contribution in [-0.2, 0) is 5.41 Å². The molecule has 2 aromatic rings. The molecule has 2 unspecified atom stereocenters. The molecule has 0 nitrogen and oxygen atoms in total. The highest BCUT2D eigenvalue weighted by Gasteiger charge is 2.47. The second-order valence-corrected chi connectivity index (χ2v) is 13.4. The summed E-state index contributed by atoms with van der Waals surface area (Å²) < 4.78 is 2.59. The van der Waals surface area contributed by atoms with E-state index in [0.717, 1.165) is 11.8 Å². The lowest BCUT2D eigenvalue weighted by Gasteiger charge is -2.37. The maximum Gasteiger partial charge on any atom is 0.0708 e. The van der Waals surface area contributed by atoms with E-state index in [4.69, 9.17) is 0 Å². The third-order valence-electron chi connectivity index (χ3n) is 6.73. The molecule has 1 aliphatic carbocycles. The molecule has 0 spiro atoms. The molecule has 0 amide bonds. The standard InChI is InChI=1S/C24H34Br2S2/c1-5-9-11-17(8-4)15-24(14-16(7-3)10-6-2)18-12-20(25)27-22(18)23-19(24)13-21(26)28-23/h12-13,16-17H,5-11,14-15H2,1-4H3. The van der Waals surface area contributed by atoms with Crippen LogP contribution in [0.25, 0.3) is 9.75 Å². The molecule has 1 aliphatic rings. The fourth-order valence-corrected chi connectivity index (χ4v) is 8.78. The van der Waals surface area contributed by atoms with E-state index in [1.165, 1.54) is 75.1 Å². The Labute approximate surface area is 196 Å². The van der Waals surface area contributed by atoms with E-state index in [1.54, 1.807) is 11.1 Å². The summed E-state index contributed by atoms with van der Waals surface area (Å²) in [5.74, 6) is 1.63. The van der Waals surface area contributed by atoms with Crippen LogP contribution in [0.2, 0.25) is 0 Å². The van der Waals surface area contributed by atoms with Crippen LogP contribution < -0.4 is 0 Å². The van der Waals surface area contributed by atoms with Crippen molar-refractivity contribution >= 4 is 54.5 Å². The zero-order valence-corrected chi connectivity index (χ0v) is 22.6. The fourth-order valence-electron chi connectivity index (χ4n) is 5.23. The van der Waals surface area contributed by atoms with Crippen molar-refractivity contribution < 1.29 is 0 Å². The Hall–Kier alpha value is 0.360. The molecule has 4 heteroatoms. The lowest BCUT2D eigenvalue weighted by atomic mass is 9.66. The summed E-state index contributed by atoms with van der Waals surface area (Å²) in [6.07, 6.45) is 11.9. The first-order valence-corrected chi connectivity index (χ1v) is 14.3. The number of rotatable bonds is 11. The van der Waals surface area contributed by atoms with Gasteiger partial charge in [0.2, 0.25) is 0 Å². The first-order valence-electron chi connectivity index (χ1n) is 11.1. The smallest absolute Gasteiger partial charge is 0.0708 e. The van der Waals surface area contributed by atoms with Crippen molar-refractivity contribution in [1.29, 1.82) is 0 Å². The topological polar surface area (TPSA) is 0 Å². The Morgan fingerprint density at radius 2 is 1.29 bits per heavy atom. The summed E-state index contributed by atoms with van der Waals surface area (Å²) in [4.78, 5) is 3.07. The van der Waals surface area contributed by atoms with Crippen molar-refractivity contribution in [2.45, 2.75) is 90.9 Å². The lowest BCUT2D eigenvalue weighted by molar-refractivity contribution is 0.268. The van der Waals surface area contributed by atoms with Gasteiger partial charge in [-0.15, -0.1) is 22.7 Å². The predicted molar refractivity (Wildman–Crippen MR) is 135 cm³/mol. The fraction of sp³-hybridized carbons (Fsp3) is 0.667. The Bertz CT molecular complexity index is 727. The van der Waals surface area contributed by atoms with Gasteiger partial charge in [0, 0.05) is 15.2 Å². The van der Waals surface area contributed by atoms with Gasteiger partial charge in [0.15, 0.2) is 0 Å². The van der Waals surface area contributed by atoms with E-state index >= 15 is 0 Å². The molecule has 0 N–H and O–H groups in total. The number of fused-ring (bicyclic) bond motifs is 3. The van der Waals surface area contributed by atoms with Crippen LogP contribution in [0.4, 0.5) is 0 Å². The highest BCUT2D eigenvalue weighted by Crippen LogP contribution is 2.61. The SMILES string of the molecule is CCCCC(CC)CC1(CC(CC)CCC)c2cc(Br)sc2-c2sc(Br)cc21. The first-order chi connectivity index (χ1) is 13.5. The Morgan fingerprint density at radius 3 is 1.71 bits per heavy atom. The Kier molecular flexibility index (Phi) is 8.32. The molecule has 0 saturated heterocycles. The quantitative estimate of drug-likeness (QED) is 0.263. The van der Waals surface area contributed by atoms with Gasteiger partial charge in [0.1, 0.15) is 0 Å². The zero-order valence-electron chi connectivity index (χ0n) is 17.7. The van der Waals surface area contributed by atoms with E-state index in [1.807, 2.05) is 22.7 Å². The second-order valence-electron chi connectivity index (χ2n) is 8.56. The summed E-state index contributed by atoms with van der Waals surface area (Å²) in [5, 5.41) is 0. The van der Waals surface area contributed by atoms with Crippen LogP contribution in [0.15, 0.2) is 19.7 Å². The van der Waals surface area contributed by atoms with Crippen LogP contribution in [-0.4, -0.2) is 0 Å². The van der Waals surface area contributed by atoms with Crippen molar-refractivity contribution in [3.63, 3.8) is 0 Å². The third-order valence-corrected chi connectivity index (χ3v) is 10.2. The summed E-state index contributed by atoms with van der Waals surface area (Å²) in [6.45, 7) is 9.47. The molecule has 2 heterocycles. The minimum atomic E-state index is 0.208. The molecule has 0 aromatic carbocycles. The lowest BCUT2D eigenvalue weighted by Crippen LogP contribution is -2.31. The van der Waals surface area contributed by atoms with Gasteiger partial charge in [-0.1, -0.05) is 72.6 Å². The molecule has 0 bridgehead atoms. The maximum atomic E-state index is 3.82. The first kappa shape index (κ1) is 23.0. The van der Waals surface area contributed by atoms with Gasteiger partial charge in [0.05, 0.1) is 7.57 Å². The number of hydrogen-bond acceptors (Lipinski definition) is 2. The van der Waals surface area contributed by atoms with Crippen LogP contribution in [0.3, 0.4) is 0 Å². The van der Waals surface area contributed by atoms with Gasteiger partial charge >= 0.3 is 0 Å². The molecule has 3 rings (SSSR count). The number of unbranched alkanes of at least 4 members (excludes halogenated alkanes) is 1. The molecule has 156 valence electrons. The normalized spacial score (nSPS) is 16.8. The summed E-state index contributed by atoms with van der Waals surface area (Å²) in [6, 6.07) is 4.93. The zero-order chi connectivity index (χ0) is 20.3. The van der Waals surface area contributed by atoms with Crippen molar-refractivity contribution in [2.75, 3.05) is 0 Å². The van der Waals surface area contributed by atoms with E-state index in [-0.39, 0.29) is 5.41 Å². The summed E-state index contributed by atoms with van der Waals surface area (Å²) >= 11 is 11.5. The van der Waals surface area contributed by atoms with Gasteiger partial charge in [0.25, 0.3) is 0 Å². The minimum Gasteiger partial charge on any atom is -0.127 e. The van der Waals surface area contributed by atoms with Crippen LogP contribution in [0.5, 0.6) is 0 Å². The van der Waals surface area contributed by atoms with Crippen LogP contribution in [0, 0.1) is 11.8 Å². The average molecular weight is 546 g/mol. The van der Waals surface area contributed by atoms with E-state index in [0.29, 0.717) is 0 Å². The van der Waals surface area contributed by atoms with Crippen molar-refractivity contribution in [2.24, 2.45) is 11.8 Å². The highest BCUT2D eigenvalue weighted by molar-refractivity contribution is 9.11. The number of halogens is 2. The molecule has 2 aromatic heterocycles. The molecule has 0 saturated carbocycles. The molecule has 0 aliphatic heterocycles. The van der Waals surface area contributed by atoms with Gasteiger partial charge in [-0.2, -0.15) is 0 Å². The summed E-state index contributed by atoms with van der Waals surface area (Å²) in [7, 11) is 0. The molecule has 2 atom stereocenters. The maximum absolute atomic E-state index is 3.82. The highest BCUT2D eigenvalue weighted by atomic mass is 79.9. The molecular weight excluding hydrogens is 512 g/mol. The third kappa shape index (κ3) is 4.50. The molecule has 0 radical (unpaired) electrons. The monoisotopic (exact) mass is 544 g/mol. The minimum absolute atomic E-state index is 0.208. The predicted octanol–water partition coefficient (Wildman–Crippen LogP) is 10.4. The van der Waals surface area contributed by atoms with E-state index < -0.39 is 0 Å². The van der Waals surface area contributed by atoms with Gasteiger partial charge in [-0.3, -0.25) is 0 Å². The van der Waals surface area contributed by atoms with Crippen molar-refractivity contribution in [3.05, 3.63) is 30.8 Å². The largest absolute Gasteiger partial charge is 0.127 e. The number of hydrogen-bond donors (Lipinski definition) is 0. The Morgan fingerprint density at radius 1 is 0.786 bits per heavy atom. The molecule has 28 heavy (non-hydrogen) atoms.